The van der Waals surface area contributed by atoms with Crippen molar-refractivity contribution in [3.63, 3.8) is 0 Å². The Bertz CT molecular complexity index is 3270. The van der Waals surface area contributed by atoms with Crippen LogP contribution in [0.4, 0.5) is 0 Å². The number of nitrogens with zero attached hydrogens (tertiary/aromatic N) is 8. The summed E-state index contributed by atoms with van der Waals surface area (Å²) >= 11 is 0. The molecule has 6 aromatic heterocycles. The minimum atomic E-state index is -1.92. The summed E-state index contributed by atoms with van der Waals surface area (Å²) in [6.45, 7) is 24.7. The molecule has 0 fully saturated rings. The molecular weight excluding hydrogens is 1080 g/mol. The summed E-state index contributed by atoms with van der Waals surface area (Å²) in [6.07, 6.45) is 8.25. The van der Waals surface area contributed by atoms with Gasteiger partial charge in [-0.1, -0.05) is 86.1 Å². The summed E-state index contributed by atoms with van der Waals surface area (Å²) in [5, 5.41) is 29.8. The molecule has 434 valence electrons. The highest BCUT2D eigenvalue weighted by Crippen LogP contribution is 2.38. The zero-order valence-electron chi connectivity index (χ0n) is 47.9. The Balaban J connectivity index is 0.000000349. The average molecular weight is 1170 g/mol. The van der Waals surface area contributed by atoms with Gasteiger partial charge in [-0.2, -0.15) is 37.2 Å². The van der Waals surface area contributed by atoms with Crippen LogP contribution in [0.5, 0.6) is 11.5 Å². The maximum absolute atomic E-state index is 13.1. The van der Waals surface area contributed by atoms with E-state index in [-0.39, 0.29) is 76.0 Å². The van der Waals surface area contributed by atoms with Crippen LogP contribution in [-0.2, 0) is 28.4 Å². The first kappa shape index (κ1) is 67.0. The second-order valence-electron chi connectivity index (χ2n) is 21.9. The Morgan fingerprint density at radius 2 is 1.15 bits per heavy atom. The predicted molar refractivity (Wildman–Crippen MR) is 340 cm³/mol. The van der Waals surface area contributed by atoms with Gasteiger partial charge in [-0.25, -0.2) is 19.3 Å². The Labute approximate surface area is 492 Å². The van der Waals surface area contributed by atoms with Crippen molar-refractivity contribution in [1.82, 2.24) is 39.5 Å². The van der Waals surface area contributed by atoms with Crippen LogP contribution in [0.2, 0.25) is 18.1 Å². The van der Waals surface area contributed by atoms with Gasteiger partial charge in [0.2, 0.25) is 0 Å². The van der Waals surface area contributed by atoms with E-state index in [1.54, 1.807) is 16.9 Å². The highest BCUT2D eigenvalue weighted by atomic mass is 32.2. The summed E-state index contributed by atoms with van der Waals surface area (Å²) in [6, 6.07) is 31.4. The van der Waals surface area contributed by atoms with Gasteiger partial charge in [-0.3, -0.25) is 14.2 Å². The molecule has 0 aliphatic heterocycles. The minimum Gasteiger partial charge on any atom is -0.493 e. The quantitative estimate of drug-likeness (QED) is 0.0542. The Hall–Kier alpha value is -5.51. The number of fused-ring (bicyclic) bond motifs is 2. The topological polar surface area (TPSA) is 198 Å². The lowest BCUT2D eigenvalue weighted by Gasteiger charge is -2.36. The van der Waals surface area contributed by atoms with Crippen LogP contribution in [0.25, 0.3) is 56.0 Å². The molecule has 0 aliphatic carbocycles. The standard InChI is InChI=1S/C36H52N4O3SSi.C24H27N5O3.CH4.2H2S/c1-11-15-26(25-44(41)35(3,4)5)30-17-14-18-31(39-30)27-21-32-29(33(22-27)42-20-12-2)23-37-40(32)34-19-13-16-28(38-34)24-43-45(9,10)36(6,7)8;1-2-5-19(25)21-8-4-7-20(28-21)16-12-22-18(23(13-16)32-11-10-30)14-26-29(22)24-9-3-6-17(15-31)27-24;;;/h13-14,16-19,21-23,26H,11-12,15,20,24-25H2,1-10H3;3-4,6-9,12-14,19,30-31H,2,5,10-11,15,25H2,1H3;1H4;2*1H2/t26-,44?;19-;;;/m10.../s1. The second kappa shape index (κ2) is 30.0. The smallest absolute Gasteiger partial charge is 0.192 e. The highest BCUT2D eigenvalue weighted by molar-refractivity contribution is 7.86. The first-order valence-electron chi connectivity index (χ1n) is 26.9. The Morgan fingerprint density at radius 1 is 0.650 bits per heavy atom. The number of ether oxygens (including phenoxy) is 2. The molecule has 6 heterocycles. The molecule has 0 saturated heterocycles. The minimum absolute atomic E-state index is 0. The first-order chi connectivity index (χ1) is 36.8. The summed E-state index contributed by atoms with van der Waals surface area (Å²) in [5.41, 5.74) is 14.6. The molecular formula is C61H87N9O6S3Si. The summed E-state index contributed by atoms with van der Waals surface area (Å²) in [4.78, 5) is 19.4. The zero-order chi connectivity index (χ0) is 55.5. The van der Waals surface area contributed by atoms with Crippen molar-refractivity contribution in [2.45, 2.75) is 150 Å². The van der Waals surface area contributed by atoms with Crippen molar-refractivity contribution in [3.8, 4) is 45.6 Å². The number of aromatic nitrogens is 8. The SMILES string of the molecule is C.CCCOc1cc(-c2cccc([C@H](CCC)CS(=O)C(C)(C)C)n2)cc2c1cnn2-c1cccc(CO[Si](C)(C)C(C)(C)C)n1.CCC[C@H](N)c1cccc(-c2cc(OCCO)c3cnn(-c4cccc(CO)n4)c3c2)n1.S.S. The largest absolute Gasteiger partial charge is 0.493 e. The van der Waals surface area contributed by atoms with E-state index in [4.69, 9.17) is 39.7 Å². The fraction of sp³-hybridized carbons (Fsp3) is 0.443. The van der Waals surface area contributed by atoms with E-state index in [9.17, 15) is 14.4 Å². The fourth-order valence-corrected chi connectivity index (χ4v) is 10.6. The van der Waals surface area contributed by atoms with E-state index < -0.39 is 19.1 Å². The molecule has 0 aliphatic rings. The van der Waals surface area contributed by atoms with Gasteiger partial charge in [0, 0.05) is 50.1 Å². The summed E-state index contributed by atoms with van der Waals surface area (Å²) in [5.74, 6) is 3.42. The first-order valence-corrected chi connectivity index (χ1v) is 31.2. The summed E-state index contributed by atoms with van der Waals surface area (Å²) in [7, 11) is -2.88. The zero-order valence-corrected chi connectivity index (χ0v) is 51.7. The normalized spacial score (nSPS) is 12.8. The molecule has 2 aromatic carbocycles. The number of nitrogens with two attached hydrogens (primary N) is 1. The third kappa shape index (κ3) is 16.6. The molecule has 80 heavy (non-hydrogen) atoms. The van der Waals surface area contributed by atoms with Gasteiger partial charge >= 0.3 is 0 Å². The number of aliphatic hydroxyl groups excluding tert-OH is 2. The van der Waals surface area contributed by atoms with Crippen molar-refractivity contribution in [2.75, 3.05) is 25.6 Å². The molecule has 19 heteroatoms. The highest BCUT2D eigenvalue weighted by Gasteiger charge is 2.37. The van der Waals surface area contributed by atoms with Crippen LogP contribution in [0, 0.1) is 0 Å². The van der Waals surface area contributed by atoms with E-state index in [2.05, 4.69) is 89.0 Å². The van der Waals surface area contributed by atoms with Crippen LogP contribution in [-0.4, -0.2) is 92.6 Å². The number of aliphatic hydroxyl groups is 2. The lowest BCUT2D eigenvalue weighted by atomic mass is 10.00. The predicted octanol–water partition coefficient (Wildman–Crippen LogP) is 13.2. The van der Waals surface area contributed by atoms with E-state index >= 15 is 0 Å². The maximum Gasteiger partial charge on any atom is 0.192 e. The molecule has 0 radical (unpaired) electrons. The van der Waals surface area contributed by atoms with Crippen LogP contribution in [0.3, 0.4) is 0 Å². The van der Waals surface area contributed by atoms with Crippen molar-refractivity contribution in [3.05, 3.63) is 132 Å². The van der Waals surface area contributed by atoms with Gasteiger partial charge in [-0.15, -0.1) is 0 Å². The van der Waals surface area contributed by atoms with Crippen molar-refractivity contribution >= 4 is 67.9 Å². The third-order valence-corrected chi connectivity index (χ3v) is 20.4. The third-order valence-electron chi connectivity index (χ3n) is 13.9. The molecule has 0 amide bonds. The monoisotopic (exact) mass is 1170 g/mol. The van der Waals surface area contributed by atoms with E-state index in [0.717, 1.165) is 105 Å². The van der Waals surface area contributed by atoms with Gasteiger partial charge in [-0.05, 0) is 131 Å². The molecule has 3 atom stereocenters. The van der Waals surface area contributed by atoms with Gasteiger partial charge < -0.3 is 29.8 Å². The lowest BCUT2D eigenvalue weighted by Crippen LogP contribution is -2.40. The summed E-state index contributed by atoms with van der Waals surface area (Å²) < 4.78 is 35.0. The molecule has 0 spiro atoms. The van der Waals surface area contributed by atoms with Crippen LogP contribution >= 0.6 is 27.0 Å². The van der Waals surface area contributed by atoms with Gasteiger partial charge in [0.25, 0.3) is 0 Å². The van der Waals surface area contributed by atoms with Crippen molar-refractivity contribution in [2.24, 2.45) is 5.73 Å². The maximum atomic E-state index is 13.1. The second-order valence-corrected chi connectivity index (χ2v) is 29.0. The average Bonchev–Trinajstić information content (AvgIpc) is 4.06. The fourth-order valence-electron chi connectivity index (χ4n) is 8.48. The Morgan fingerprint density at radius 3 is 1.65 bits per heavy atom. The van der Waals surface area contributed by atoms with Gasteiger partial charge in [0.15, 0.2) is 20.0 Å². The molecule has 8 rings (SSSR count). The van der Waals surface area contributed by atoms with Crippen LogP contribution in [0.15, 0.2) is 109 Å². The van der Waals surface area contributed by atoms with E-state index in [1.165, 1.54) is 0 Å². The van der Waals surface area contributed by atoms with Crippen LogP contribution in [0.1, 0.15) is 137 Å². The number of benzene rings is 2. The number of rotatable bonds is 22. The number of hydrogen-bond acceptors (Lipinski definition) is 13. The number of pyridine rings is 4. The molecule has 4 N–H and O–H groups in total. The van der Waals surface area contributed by atoms with Crippen molar-refractivity contribution < 1.29 is 28.3 Å². The molecule has 1 unspecified atom stereocenters. The lowest BCUT2D eigenvalue weighted by molar-refractivity contribution is 0.203. The van der Waals surface area contributed by atoms with Gasteiger partial charge in [0.1, 0.15) is 18.1 Å². The Kier molecular flexibility index (Phi) is 25.1. The molecule has 0 saturated carbocycles. The van der Waals surface area contributed by atoms with E-state index in [0.29, 0.717) is 36.2 Å². The number of hydrogen-bond donors (Lipinski definition) is 3. The van der Waals surface area contributed by atoms with E-state index in [1.807, 2.05) is 98.4 Å². The molecule has 8 aromatic rings. The molecule has 0 bridgehead atoms. The van der Waals surface area contributed by atoms with Gasteiger partial charge in [0.05, 0.1) is 89.1 Å². The van der Waals surface area contributed by atoms with Crippen molar-refractivity contribution in [1.29, 1.82) is 0 Å². The molecule has 15 nitrogen and oxygen atoms in total. The van der Waals surface area contributed by atoms with Crippen LogP contribution < -0.4 is 15.2 Å².